The Morgan fingerprint density at radius 1 is 1.03 bits per heavy atom. The van der Waals surface area contributed by atoms with Crippen molar-refractivity contribution in [2.24, 2.45) is 0 Å². The topological polar surface area (TPSA) is 103 Å². The summed E-state index contributed by atoms with van der Waals surface area (Å²) < 4.78 is 44.5. The highest BCUT2D eigenvalue weighted by Gasteiger charge is 2.51. The summed E-state index contributed by atoms with van der Waals surface area (Å²) in [5.74, 6) is 1.32. The van der Waals surface area contributed by atoms with Crippen LogP contribution in [0.25, 0.3) is 11.1 Å². The minimum absolute atomic E-state index is 0. The highest BCUT2D eigenvalue weighted by molar-refractivity contribution is 7.89. The summed E-state index contributed by atoms with van der Waals surface area (Å²) in [4.78, 5) is 13.6. The number of nitrogens with one attached hydrogen (secondary N) is 2. The van der Waals surface area contributed by atoms with Crippen LogP contribution < -0.4 is 19.5 Å². The second kappa shape index (κ2) is 9.72. The summed E-state index contributed by atoms with van der Waals surface area (Å²) in [7, 11) is -3.62. The maximum Gasteiger partial charge on any atom is 0.240 e. The van der Waals surface area contributed by atoms with Gasteiger partial charge in [0, 0.05) is 21.7 Å². The van der Waals surface area contributed by atoms with Gasteiger partial charge in [-0.05, 0) is 91.3 Å². The molecule has 8 nitrogen and oxygen atoms in total. The molecule has 1 atom stereocenters. The zero-order valence-corrected chi connectivity index (χ0v) is 22.0. The van der Waals surface area contributed by atoms with Gasteiger partial charge >= 0.3 is 0 Å². The fraction of sp³-hybridized carbons (Fsp3) is 0.345. The number of aryl methyl sites for hydroxylation is 1. The number of rotatable bonds is 8. The van der Waals surface area contributed by atoms with E-state index in [1.165, 1.54) is 0 Å². The Morgan fingerprint density at radius 3 is 2.55 bits per heavy atom. The third-order valence-corrected chi connectivity index (χ3v) is 9.05. The summed E-state index contributed by atoms with van der Waals surface area (Å²) in [5.41, 5.74) is 3.86. The summed E-state index contributed by atoms with van der Waals surface area (Å²) >= 11 is 0. The lowest BCUT2D eigenvalue weighted by molar-refractivity contribution is -0.118. The number of carbonyl (C=O) groups is 1. The second-order valence-corrected chi connectivity index (χ2v) is 11.9. The van der Waals surface area contributed by atoms with Gasteiger partial charge in [0.1, 0.15) is 0 Å². The predicted octanol–water partition coefficient (Wildman–Crippen LogP) is 5.01. The van der Waals surface area contributed by atoms with E-state index < -0.39 is 15.4 Å². The van der Waals surface area contributed by atoms with Crippen LogP contribution in [-0.2, 0) is 25.0 Å². The molecule has 1 saturated heterocycles. The number of ether oxygens (including phenoxy) is 3. The van der Waals surface area contributed by atoms with Crippen LogP contribution in [0.5, 0.6) is 11.5 Å². The van der Waals surface area contributed by atoms with Gasteiger partial charge in [-0.2, -0.15) is 0 Å². The fourth-order valence-corrected chi connectivity index (χ4v) is 6.20. The van der Waals surface area contributed by atoms with Crippen LogP contribution in [-0.4, -0.2) is 40.4 Å². The van der Waals surface area contributed by atoms with E-state index in [9.17, 15) is 13.2 Å². The van der Waals surface area contributed by atoms with Crippen LogP contribution in [0.4, 0.5) is 5.69 Å². The van der Waals surface area contributed by atoms with Gasteiger partial charge in [-0.25, -0.2) is 13.1 Å². The minimum atomic E-state index is -3.62. The van der Waals surface area contributed by atoms with Gasteiger partial charge in [0.25, 0.3) is 0 Å². The molecule has 3 aromatic carbocycles. The molecule has 1 amide bonds. The highest BCUT2D eigenvalue weighted by atomic mass is 32.2. The van der Waals surface area contributed by atoms with Crippen LogP contribution in [0, 0.1) is 6.92 Å². The molecule has 2 heterocycles. The zero-order valence-electron chi connectivity index (χ0n) is 21.2. The van der Waals surface area contributed by atoms with Crippen molar-refractivity contribution in [1.82, 2.24) is 4.72 Å². The fourth-order valence-electron chi connectivity index (χ4n) is 5.13. The summed E-state index contributed by atoms with van der Waals surface area (Å²) in [5, 5.41) is 3.10. The van der Waals surface area contributed by atoms with E-state index in [1.54, 1.807) is 24.3 Å². The minimum Gasteiger partial charge on any atom is -0.454 e. The SMILES string of the molecule is Cc1ccc(NC(=O)C2(c3ccc4c(c3)OCO4)CC2)cc1-c1ccc(S(=O)(=O)NC[C@@H]2CCCO2)cc1.[HH].[HH]. The standard InChI is InChI=1S/C29H30N2O6S.2H2/c1-19-4-8-22(31-28(32)29(12-13-29)21-7-11-26-27(15-21)37-18-36-26)16-25(19)20-5-9-24(10-6-20)38(33,34)30-17-23-3-2-14-35-23;;/h4-11,15-16,23,30H,2-3,12-14,17-18H2,1H3,(H,31,32);2*1H/t23-;;/m0../s1. The molecule has 2 fully saturated rings. The van der Waals surface area contributed by atoms with Gasteiger partial charge in [0.2, 0.25) is 22.7 Å². The van der Waals surface area contributed by atoms with Crippen LogP contribution in [0.2, 0.25) is 0 Å². The van der Waals surface area contributed by atoms with Crippen molar-refractivity contribution in [3.8, 4) is 22.6 Å². The number of hydrogen-bond acceptors (Lipinski definition) is 6. The smallest absolute Gasteiger partial charge is 0.240 e. The summed E-state index contributed by atoms with van der Waals surface area (Å²) in [6.45, 7) is 3.14. The monoisotopic (exact) mass is 538 g/mol. The van der Waals surface area contributed by atoms with E-state index in [0.717, 1.165) is 47.9 Å². The Bertz CT molecular complexity index is 1490. The third kappa shape index (κ3) is 4.77. The molecule has 3 aliphatic rings. The molecule has 1 aliphatic carbocycles. The van der Waals surface area contributed by atoms with Crippen LogP contribution >= 0.6 is 0 Å². The van der Waals surface area contributed by atoms with Crippen molar-refractivity contribution in [2.45, 2.75) is 49.0 Å². The van der Waals surface area contributed by atoms with E-state index in [2.05, 4.69) is 10.0 Å². The van der Waals surface area contributed by atoms with Gasteiger partial charge < -0.3 is 19.5 Å². The Kier molecular flexibility index (Phi) is 6.37. The lowest BCUT2D eigenvalue weighted by Gasteiger charge is -2.17. The molecule has 0 aromatic heterocycles. The van der Waals surface area contributed by atoms with E-state index >= 15 is 0 Å². The molecule has 38 heavy (non-hydrogen) atoms. The second-order valence-electron chi connectivity index (χ2n) is 10.1. The van der Waals surface area contributed by atoms with E-state index in [4.69, 9.17) is 14.2 Å². The average molecular weight is 539 g/mol. The number of fused-ring (bicyclic) bond motifs is 1. The lowest BCUT2D eigenvalue weighted by Crippen LogP contribution is -2.31. The maximum absolute atomic E-state index is 13.4. The van der Waals surface area contributed by atoms with Crippen molar-refractivity contribution in [3.05, 3.63) is 71.8 Å². The quantitative estimate of drug-likeness (QED) is 0.418. The van der Waals surface area contributed by atoms with Crippen molar-refractivity contribution in [3.63, 3.8) is 0 Å². The molecule has 1 saturated carbocycles. The average Bonchev–Trinajstić information content (AvgIpc) is 3.32. The first kappa shape index (κ1) is 24.9. The number of benzene rings is 3. The summed E-state index contributed by atoms with van der Waals surface area (Å²) in [6.07, 6.45) is 3.30. The molecule has 9 heteroatoms. The normalized spacial score (nSPS) is 19.3. The number of amides is 1. The maximum atomic E-state index is 13.4. The van der Waals surface area contributed by atoms with E-state index in [0.29, 0.717) is 23.8 Å². The molecule has 0 spiro atoms. The first-order valence-corrected chi connectivity index (χ1v) is 14.4. The lowest BCUT2D eigenvalue weighted by atomic mass is 9.94. The van der Waals surface area contributed by atoms with Crippen LogP contribution in [0.1, 0.15) is 39.7 Å². The van der Waals surface area contributed by atoms with Crippen molar-refractivity contribution in [1.29, 1.82) is 0 Å². The van der Waals surface area contributed by atoms with Crippen molar-refractivity contribution in [2.75, 3.05) is 25.3 Å². The summed E-state index contributed by atoms with van der Waals surface area (Å²) in [6, 6.07) is 18.3. The van der Waals surface area contributed by atoms with Crippen LogP contribution in [0.3, 0.4) is 0 Å². The third-order valence-electron chi connectivity index (χ3n) is 7.61. The molecule has 6 rings (SSSR count). The van der Waals surface area contributed by atoms with Gasteiger partial charge in [-0.3, -0.25) is 4.79 Å². The first-order valence-electron chi connectivity index (χ1n) is 12.9. The molecular weight excluding hydrogens is 504 g/mol. The zero-order chi connectivity index (χ0) is 26.3. The Labute approximate surface area is 225 Å². The highest BCUT2D eigenvalue weighted by Crippen LogP contribution is 2.51. The number of anilines is 1. The van der Waals surface area contributed by atoms with Crippen molar-refractivity contribution >= 4 is 21.6 Å². The first-order chi connectivity index (χ1) is 18.3. The molecule has 0 radical (unpaired) electrons. The van der Waals surface area contributed by atoms with Crippen LogP contribution in [0.15, 0.2) is 65.6 Å². The van der Waals surface area contributed by atoms with Gasteiger partial charge in [0.15, 0.2) is 11.5 Å². The largest absolute Gasteiger partial charge is 0.454 e. The molecule has 0 unspecified atom stereocenters. The molecule has 2 N–H and O–H groups in total. The molecule has 202 valence electrons. The number of sulfonamides is 1. The Hall–Kier alpha value is -3.40. The Morgan fingerprint density at radius 2 is 1.82 bits per heavy atom. The van der Waals surface area contributed by atoms with Gasteiger partial charge in [-0.15, -0.1) is 0 Å². The Balaban J connectivity index is 0.00000185. The number of carbonyl (C=O) groups excluding carboxylic acids is 1. The van der Waals surface area contributed by atoms with Gasteiger partial charge in [-0.1, -0.05) is 24.3 Å². The van der Waals surface area contributed by atoms with Crippen molar-refractivity contribution < 1.29 is 30.3 Å². The number of hydrogen-bond donors (Lipinski definition) is 2. The molecule has 2 aliphatic heterocycles. The van der Waals surface area contributed by atoms with E-state index in [1.807, 2.05) is 43.3 Å². The van der Waals surface area contributed by atoms with E-state index in [-0.39, 0.29) is 33.1 Å². The van der Waals surface area contributed by atoms with Gasteiger partial charge in [0.05, 0.1) is 16.4 Å². The molecular formula is C29H34N2O6S. The predicted molar refractivity (Wildman–Crippen MR) is 147 cm³/mol. The molecule has 0 bridgehead atoms. The molecule has 3 aromatic rings.